The molecule has 0 saturated heterocycles. The van der Waals surface area contributed by atoms with Crippen LogP contribution in [0.1, 0.15) is 29.6 Å². The number of hydrazine groups is 2. The van der Waals surface area contributed by atoms with Crippen molar-refractivity contribution in [1.82, 2.24) is 20.2 Å². The molecule has 13 nitrogen and oxygen atoms in total. The molecular formula is C20H24N6O7S. The molecule has 1 heterocycles. The number of methoxy groups -OCH3 is 3. The lowest BCUT2D eigenvalue weighted by Gasteiger charge is -2.20. The molecule has 34 heavy (non-hydrogen) atoms. The van der Waals surface area contributed by atoms with Crippen LogP contribution in [0.4, 0.5) is 10.7 Å². The smallest absolute Gasteiger partial charge is 0.354 e. The number of hydrogen-bond acceptors (Lipinski definition) is 11. The van der Waals surface area contributed by atoms with E-state index in [-0.39, 0.29) is 23.3 Å². The number of amides is 2. The Morgan fingerprint density at radius 2 is 1.62 bits per heavy atom. The minimum Gasteiger partial charge on any atom is -0.481 e. The summed E-state index contributed by atoms with van der Waals surface area (Å²) in [5, 5.41) is 0.503. The van der Waals surface area contributed by atoms with Crippen LogP contribution < -0.4 is 30.6 Å². The number of nitrogens with two attached hydrogens (primary N) is 1. The second kappa shape index (κ2) is 10.5. The topological polar surface area (TPSA) is 175 Å². The zero-order valence-electron chi connectivity index (χ0n) is 18.7. The third kappa shape index (κ3) is 5.59. The average molecular weight is 493 g/mol. The fourth-order valence-corrected chi connectivity index (χ4v) is 4.10. The minimum absolute atomic E-state index is 0.0267. The molecule has 2 aliphatic carbocycles. The van der Waals surface area contributed by atoms with Gasteiger partial charge in [-0.25, -0.2) is 22.7 Å². The van der Waals surface area contributed by atoms with E-state index in [1.165, 1.54) is 57.7 Å². The van der Waals surface area contributed by atoms with E-state index < -0.39 is 26.9 Å². The van der Waals surface area contributed by atoms with E-state index in [4.69, 9.17) is 15.3 Å². The maximum atomic E-state index is 12.7. The predicted octanol–water partition coefficient (Wildman–Crippen LogP) is 1.04. The van der Waals surface area contributed by atoms with Crippen LogP contribution in [0.2, 0.25) is 0 Å². The number of allylic oxidation sites excluding steroid dienone is 2. The number of carbonyl (C=O) groups is 2. The number of ether oxygens (including phenoxy) is 3. The quantitative estimate of drug-likeness (QED) is 0.218. The lowest BCUT2D eigenvalue weighted by molar-refractivity contribution is 0.0596. The number of nitrogens with zero attached hydrogens (tertiary/aromatic N) is 3. The van der Waals surface area contributed by atoms with Crippen molar-refractivity contribution in [3.05, 3.63) is 47.0 Å². The lowest BCUT2D eigenvalue weighted by Crippen LogP contribution is -2.53. The first-order chi connectivity index (χ1) is 16.2. The molecule has 4 rings (SSSR count). The largest absolute Gasteiger partial charge is 0.481 e. The molecule has 2 aliphatic rings. The van der Waals surface area contributed by atoms with Crippen molar-refractivity contribution in [2.75, 3.05) is 26.3 Å². The predicted molar refractivity (Wildman–Crippen MR) is 119 cm³/mol. The Morgan fingerprint density at radius 3 is 2.06 bits per heavy atom. The molecule has 0 unspecified atom stereocenters. The Balaban J connectivity index is 0.000000559. The Hall–Kier alpha value is -3.75. The van der Waals surface area contributed by atoms with E-state index in [9.17, 15) is 18.0 Å². The third-order valence-corrected chi connectivity index (χ3v) is 6.33. The van der Waals surface area contributed by atoms with Crippen LogP contribution in [0.5, 0.6) is 11.8 Å². The fourth-order valence-electron chi connectivity index (χ4n) is 2.97. The molecule has 0 saturated carbocycles. The van der Waals surface area contributed by atoms with Crippen LogP contribution in [0.25, 0.3) is 0 Å². The molecule has 4 N–H and O–H groups in total. The van der Waals surface area contributed by atoms with Gasteiger partial charge in [-0.1, -0.05) is 23.3 Å². The number of carbonyl (C=O) groups excluding carboxylic acids is 2. The summed E-state index contributed by atoms with van der Waals surface area (Å²) in [5.74, 6) is 4.13. The van der Waals surface area contributed by atoms with Crippen molar-refractivity contribution in [3.8, 4) is 11.8 Å². The monoisotopic (exact) mass is 492 g/mol. The van der Waals surface area contributed by atoms with E-state index in [0.29, 0.717) is 5.01 Å². The summed E-state index contributed by atoms with van der Waals surface area (Å²) in [6.07, 6.45) is 4.30. The minimum atomic E-state index is -4.50. The van der Waals surface area contributed by atoms with Gasteiger partial charge in [0.1, 0.15) is 4.90 Å². The fraction of sp³-hybridized carbons (Fsp3) is 0.300. The van der Waals surface area contributed by atoms with Crippen molar-refractivity contribution in [3.63, 3.8) is 0 Å². The van der Waals surface area contributed by atoms with E-state index in [1.54, 1.807) is 15.9 Å². The maximum Gasteiger partial charge on any atom is 0.354 e. The summed E-state index contributed by atoms with van der Waals surface area (Å²) < 4.78 is 41.6. The molecule has 182 valence electrons. The maximum absolute atomic E-state index is 12.7. The number of benzene rings is 1. The van der Waals surface area contributed by atoms with Crippen molar-refractivity contribution >= 4 is 28.0 Å². The SMILES string of the molecule is C1CC2=C1C2.COC(=O)c1ccccc1S(=O)(=O)NC(=O)N(NN)c1nc(OC)cc(OC)n1. The first-order valence-corrected chi connectivity index (χ1v) is 11.4. The van der Waals surface area contributed by atoms with Crippen molar-refractivity contribution in [1.29, 1.82) is 0 Å². The molecule has 0 spiro atoms. The summed E-state index contributed by atoms with van der Waals surface area (Å²) >= 11 is 0. The van der Waals surface area contributed by atoms with E-state index in [1.807, 2.05) is 5.53 Å². The molecule has 0 radical (unpaired) electrons. The number of sulfonamides is 1. The molecule has 0 bridgehead atoms. The highest BCUT2D eigenvalue weighted by molar-refractivity contribution is 7.90. The van der Waals surface area contributed by atoms with Crippen LogP contribution in [0, 0.1) is 0 Å². The van der Waals surface area contributed by atoms with Gasteiger partial charge >= 0.3 is 12.0 Å². The Labute approximate surface area is 195 Å². The van der Waals surface area contributed by atoms with E-state index in [2.05, 4.69) is 14.7 Å². The van der Waals surface area contributed by atoms with Crippen LogP contribution in [-0.4, -0.2) is 51.7 Å². The van der Waals surface area contributed by atoms with Gasteiger partial charge in [0.2, 0.25) is 11.8 Å². The van der Waals surface area contributed by atoms with Crippen molar-refractivity contribution in [2.24, 2.45) is 5.84 Å². The van der Waals surface area contributed by atoms with Gasteiger partial charge in [-0.05, 0) is 31.4 Å². The number of hydrogen-bond donors (Lipinski definition) is 3. The van der Waals surface area contributed by atoms with Crippen LogP contribution >= 0.6 is 0 Å². The number of aromatic nitrogens is 2. The number of rotatable bonds is 7. The molecular weight excluding hydrogens is 468 g/mol. The summed E-state index contributed by atoms with van der Waals surface area (Å²) in [4.78, 5) is 31.7. The normalized spacial score (nSPS) is 13.4. The zero-order valence-corrected chi connectivity index (χ0v) is 19.5. The number of nitrogens with one attached hydrogen (secondary N) is 2. The second-order valence-corrected chi connectivity index (χ2v) is 8.65. The number of anilines is 1. The summed E-state index contributed by atoms with van der Waals surface area (Å²) in [6.45, 7) is 0. The van der Waals surface area contributed by atoms with Crippen molar-refractivity contribution < 1.29 is 32.2 Å². The van der Waals surface area contributed by atoms with E-state index >= 15 is 0 Å². The van der Waals surface area contributed by atoms with Crippen LogP contribution in [0.15, 0.2) is 46.4 Å². The Bertz CT molecular complexity index is 1200. The van der Waals surface area contributed by atoms with Gasteiger partial charge in [0.15, 0.2) is 0 Å². The summed E-state index contributed by atoms with van der Waals surface area (Å²) in [6, 6.07) is 5.26. The highest BCUT2D eigenvalue weighted by Crippen LogP contribution is 2.48. The molecule has 1 aromatic carbocycles. The Kier molecular flexibility index (Phi) is 7.65. The summed E-state index contributed by atoms with van der Waals surface area (Å²) in [7, 11) is -0.761. The first kappa shape index (κ1) is 24.9. The summed E-state index contributed by atoms with van der Waals surface area (Å²) in [5.41, 5.74) is 5.25. The van der Waals surface area contributed by atoms with Gasteiger partial charge < -0.3 is 14.2 Å². The highest BCUT2D eigenvalue weighted by Gasteiger charge is 2.29. The number of urea groups is 1. The highest BCUT2D eigenvalue weighted by atomic mass is 32.2. The van der Waals surface area contributed by atoms with Crippen LogP contribution in [0.3, 0.4) is 0 Å². The molecule has 14 heteroatoms. The average Bonchev–Trinajstić information content (AvgIpc) is 3.43. The first-order valence-electron chi connectivity index (χ1n) is 9.91. The number of esters is 1. The Morgan fingerprint density at radius 1 is 1.03 bits per heavy atom. The van der Waals surface area contributed by atoms with Crippen molar-refractivity contribution in [2.45, 2.75) is 24.2 Å². The van der Waals surface area contributed by atoms with E-state index in [0.717, 1.165) is 13.2 Å². The van der Waals surface area contributed by atoms with Gasteiger partial charge in [0.25, 0.3) is 16.0 Å². The molecule has 1 aromatic heterocycles. The molecule has 0 fully saturated rings. The zero-order chi connectivity index (χ0) is 24.9. The van der Waals surface area contributed by atoms with Gasteiger partial charge in [-0.2, -0.15) is 20.5 Å². The van der Waals surface area contributed by atoms with Gasteiger partial charge in [-0.15, -0.1) is 0 Å². The third-order valence-electron chi connectivity index (χ3n) is 4.95. The molecule has 0 atom stereocenters. The van der Waals surface area contributed by atoms with Crippen LogP contribution in [-0.2, 0) is 14.8 Å². The van der Waals surface area contributed by atoms with Gasteiger partial charge in [0, 0.05) is 0 Å². The molecule has 2 aromatic rings. The molecule has 2 amide bonds. The molecule has 0 aliphatic heterocycles. The lowest BCUT2D eigenvalue weighted by atomic mass is 10.1. The standard InChI is InChI=1S/C15H18N6O7S.C5H6/c1-26-11-8-12(27-2)18-14(17-11)21(20-16)15(23)19-29(24,25)10-7-5-4-6-9(10)13(22)28-3;1-2-5-3-4(1)5/h4-8,20H,16H2,1-3H3,(H,19,23);1-3H2. The van der Waals surface area contributed by atoms with Gasteiger partial charge in [0.05, 0.1) is 33.0 Å². The van der Waals surface area contributed by atoms with Gasteiger partial charge in [-0.3, -0.25) is 5.84 Å². The second-order valence-electron chi connectivity index (χ2n) is 7.00.